The fourth-order valence-electron chi connectivity index (χ4n) is 3.07. The van der Waals surface area contributed by atoms with E-state index in [4.69, 9.17) is 9.47 Å². The molecule has 0 unspecified atom stereocenters. The Morgan fingerprint density at radius 1 is 1.21 bits per heavy atom. The van der Waals surface area contributed by atoms with Crippen molar-refractivity contribution in [1.82, 2.24) is 14.9 Å². The number of likely N-dealkylation sites (N-methyl/N-ethyl adjacent to an activating group) is 1. The Bertz CT molecular complexity index is 859. The lowest BCUT2D eigenvalue weighted by molar-refractivity contribution is 0.0633. The van der Waals surface area contributed by atoms with Crippen molar-refractivity contribution < 1.29 is 9.47 Å². The Hall–Kier alpha value is -2.53. The minimum Gasteiger partial charge on any atom is -0.486 e. The van der Waals surface area contributed by atoms with E-state index in [1.54, 1.807) is 0 Å². The van der Waals surface area contributed by atoms with Crippen molar-refractivity contribution >= 4 is 11.0 Å². The molecule has 1 N–H and O–H groups in total. The summed E-state index contributed by atoms with van der Waals surface area (Å²) in [7, 11) is 2.07. The number of H-pyrrole nitrogens is 1. The number of aromatic nitrogens is 2. The van der Waals surface area contributed by atoms with Crippen LogP contribution < -0.4 is 9.47 Å². The topological polar surface area (TPSA) is 50.4 Å². The van der Waals surface area contributed by atoms with Gasteiger partial charge in [0.15, 0.2) is 11.5 Å². The van der Waals surface area contributed by atoms with Crippen molar-refractivity contribution in [2.45, 2.75) is 19.6 Å². The van der Waals surface area contributed by atoms with Crippen molar-refractivity contribution in [3.63, 3.8) is 0 Å². The van der Waals surface area contributed by atoms with Gasteiger partial charge in [0.2, 0.25) is 0 Å². The molecule has 1 aliphatic rings. The van der Waals surface area contributed by atoms with Crippen LogP contribution in [-0.4, -0.2) is 41.2 Å². The van der Waals surface area contributed by atoms with Crippen LogP contribution in [0.15, 0.2) is 42.5 Å². The van der Waals surface area contributed by atoms with Gasteiger partial charge in [0.05, 0.1) is 17.6 Å². The SMILES string of the molecule is Cc1ccc2nc(CN(C)C[C@H]3COc4ccccc4O3)[nH]c2c1. The van der Waals surface area contributed by atoms with Crippen molar-refractivity contribution in [1.29, 1.82) is 0 Å². The molecule has 0 saturated heterocycles. The number of nitrogens with zero attached hydrogens (tertiary/aromatic N) is 2. The van der Waals surface area contributed by atoms with Gasteiger partial charge < -0.3 is 14.5 Å². The summed E-state index contributed by atoms with van der Waals surface area (Å²) in [5.41, 5.74) is 3.33. The Morgan fingerprint density at radius 2 is 2.04 bits per heavy atom. The molecule has 24 heavy (non-hydrogen) atoms. The first-order valence-corrected chi connectivity index (χ1v) is 8.19. The maximum atomic E-state index is 6.02. The molecular weight excluding hydrogens is 302 g/mol. The summed E-state index contributed by atoms with van der Waals surface area (Å²) >= 11 is 0. The van der Waals surface area contributed by atoms with Crippen LogP contribution in [0.1, 0.15) is 11.4 Å². The number of ether oxygens (including phenoxy) is 2. The lowest BCUT2D eigenvalue weighted by atomic mass is 10.2. The first kappa shape index (κ1) is 15.0. The predicted octanol–water partition coefficient (Wildman–Crippen LogP) is 3.14. The molecule has 0 radical (unpaired) electrons. The van der Waals surface area contributed by atoms with E-state index in [-0.39, 0.29) is 6.10 Å². The third-order valence-corrected chi connectivity index (χ3v) is 4.19. The molecule has 5 heteroatoms. The fraction of sp³-hybridized carbons (Fsp3) is 0.316. The number of hydrogen-bond acceptors (Lipinski definition) is 4. The number of fused-ring (bicyclic) bond motifs is 2. The first-order chi connectivity index (χ1) is 11.7. The van der Waals surface area contributed by atoms with Gasteiger partial charge in [-0.05, 0) is 43.8 Å². The van der Waals surface area contributed by atoms with Gasteiger partial charge in [-0.15, -0.1) is 0 Å². The molecule has 5 nitrogen and oxygen atoms in total. The molecule has 3 aromatic rings. The Labute approximate surface area is 141 Å². The van der Waals surface area contributed by atoms with Crippen LogP contribution in [0.2, 0.25) is 0 Å². The predicted molar refractivity (Wildman–Crippen MR) is 93.5 cm³/mol. The maximum Gasteiger partial charge on any atom is 0.161 e. The van der Waals surface area contributed by atoms with Crippen LogP contribution in [0, 0.1) is 6.92 Å². The molecule has 1 aromatic heterocycles. The van der Waals surface area contributed by atoms with Gasteiger partial charge in [0.25, 0.3) is 0 Å². The number of aryl methyl sites for hydroxylation is 1. The third-order valence-electron chi connectivity index (χ3n) is 4.19. The second-order valence-electron chi connectivity index (χ2n) is 6.40. The van der Waals surface area contributed by atoms with E-state index in [1.807, 2.05) is 24.3 Å². The fourth-order valence-corrected chi connectivity index (χ4v) is 3.07. The van der Waals surface area contributed by atoms with Crippen molar-refractivity contribution in [2.24, 2.45) is 0 Å². The normalized spacial score (nSPS) is 16.7. The summed E-state index contributed by atoms with van der Waals surface area (Å²) in [5, 5.41) is 0. The quantitative estimate of drug-likeness (QED) is 0.801. The summed E-state index contributed by atoms with van der Waals surface area (Å²) in [4.78, 5) is 10.2. The van der Waals surface area contributed by atoms with Crippen LogP contribution in [0.3, 0.4) is 0 Å². The van der Waals surface area contributed by atoms with E-state index in [0.717, 1.165) is 41.4 Å². The molecular formula is C19H21N3O2. The van der Waals surface area contributed by atoms with Crippen molar-refractivity contribution in [3.05, 3.63) is 53.9 Å². The second-order valence-corrected chi connectivity index (χ2v) is 6.40. The van der Waals surface area contributed by atoms with Gasteiger partial charge in [0.1, 0.15) is 18.5 Å². The highest BCUT2D eigenvalue weighted by Gasteiger charge is 2.22. The molecule has 2 heterocycles. The Kier molecular flexibility index (Phi) is 3.86. The number of hydrogen-bond donors (Lipinski definition) is 1. The molecule has 0 amide bonds. The molecule has 0 fully saturated rings. The highest BCUT2D eigenvalue weighted by molar-refractivity contribution is 5.75. The number of para-hydroxylation sites is 2. The number of rotatable bonds is 4. The van der Waals surface area contributed by atoms with E-state index in [2.05, 4.69) is 47.0 Å². The average molecular weight is 323 g/mol. The van der Waals surface area contributed by atoms with Crippen LogP contribution >= 0.6 is 0 Å². The molecule has 124 valence electrons. The smallest absolute Gasteiger partial charge is 0.161 e. The van der Waals surface area contributed by atoms with Crippen LogP contribution in [-0.2, 0) is 6.54 Å². The molecule has 2 aromatic carbocycles. The van der Waals surface area contributed by atoms with E-state index in [9.17, 15) is 0 Å². The zero-order valence-corrected chi connectivity index (χ0v) is 14.0. The molecule has 0 saturated carbocycles. The van der Waals surface area contributed by atoms with Crippen molar-refractivity contribution in [2.75, 3.05) is 20.2 Å². The molecule has 1 atom stereocenters. The summed E-state index contributed by atoms with van der Waals surface area (Å²) in [5.74, 6) is 2.61. The maximum absolute atomic E-state index is 6.02. The average Bonchev–Trinajstić information content (AvgIpc) is 2.95. The first-order valence-electron chi connectivity index (χ1n) is 8.19. The number of imidazole rings is 1. The minimum absolute atomic E-state index is 0.0246. The Balaban J connectivity index is 1.40. The summed E-state index contributed by atoms with van der Waals surface area (Å²) in [6.45, 7) is 4.19. The number of benzene rings is 2. The summed E-state index contributed by atoms with van der Waals surface area (Å²) in [6, 6.07) is 14.1. The second kappa shape index (κ2) is 6.17. The van der Waals surface area contributed by atoms with Crippen LogP contribution in [0.4, 0.5) is 0 Å². The molecule has 1 aliphatic heterocycles. The number of aromatic amines is 1. The highest BCUT2D eigenvalue weighted by Crippen LogP contribution is 2.31. The Morgan fingerprint density at radius 3 is 2.92 bits per heavy atom. The van der Waals surface area contributed by atoms with Gasteiger partial charge in [0, 0.05) is 6.54 Å². The lowest BCUT2D eigenvalue weighted by Crippen LogP contribution is -2.39. The monoisotopic (exact) mass is 323 g/mol. The lowest BCUT2D eigenvalue weighted by Gasteiger charge is -2.29. The summed E-state index contributed by atoms with van der Waals surface area (Å²) in [6.07, 6.45) is 0.0246. The third kappa shape index (κ3) is 3.08. The molecule has 0 aliphatic carbocycles. The standard InChI is InChI=1S/C19H21N3O2/c1-13-7-8-15-16(9-13)21-19(20-15)11-22(2)10-14-12-23-17-5-3-4-6-18(17)24-14/h3-9,14H,10-12H2,1-2H3,(H,20,21)/t14-/m0/s1. The molecule has 4 rings (SSSR count). The summed E-state index contributed by atoms with van der Waals surface area (Å²) < 4.78 is 11.8. The molecule has 0 spiro atoms. The minimum atomic E-state index is 0.0246. The van der Waals surface area contributed by atoms with E-state index in [0.29, 0.717) is 6.61 Å². The highest BCUT2D eigenvalue weighted by atomic mass is 16.6. The van der Waals surface area contributed by atoms with Crippen LogP contribution in [0.25, 0.3) is 11.0 Å². The van der Waals surface area contributed by atoms with Gasteiger partial charge in [-0.25, -0.2) is 4.98 Å². The van der Waals surface area contributed by atoms with Crippen molar-refractivity contribution in [3.8, 4) is 11.5 Å². The van der Waals surface area contributed by atoms with E-state index in [1.165, 1.54) is 5.56 Å². The van der Waals surface area contributed by atoms with Gasteiger partial charge >= 0.3 is 0 Å². The number of nitrogens with one attached hydrogen (secondary N) is 1. The van der Waals surface area contributed by atoms with E-state index < -0.39 is 0 Å². The van der Waals surface area contributed by atoms with Gasteiger partial charge in [-0.2, -0.15) is 0 Å². The zero-order chi connectivity index (χ0) is 16.5. The van der Waals surface area contributed by atoms with E-state index >= 15 is 0 Å². The van der Waals surface area contributed by atoms with Gasteiger partial charge in [-0.1, -0.05) is 18.2 Å². The van der Waals surface area contributed by atoms with Crippen LogP contribution in [0.5, 0.6) is 11.5 Å². The zero-order valence-electron chi connectivity index (χ0n) is 14.0. The molecule has 0 bridgehead atoms. The largest absolute Gasteiger partial charge is 0.486 e. The van der Waals surface area contributed by atoms with Gasteiger partial charge in [-0.3, -0.25) is 4.90 Å².